The van der Waals surface area contributed by atoms with Crippen molar-refractivity contribution in [3.05, 3.63) is 32.9 Å². The molecule has 2 heterocycles. The number of rotatable bonds is 4. The molecule has 8 nitrogen and oxygen atoms in total. The number of nitrogens with one attached hydrogen (secondary N) is 1. The summed E-state index contributed by atoms with van der Waals surface area (Å²) in [6.45, 7) is 1.38. The quantitative estimate of drug-likeness (QED) is 0.545. The van der Waals surface area contributed by atoms with Crippen LogP contribution in [0.5, 0.6) is 0 Å². The maximum absolute atomic E-state index is 13.3. The van der Waals surface area contributed by atoms with Gasteiger partial charge in [-0.2, -0.15) is 4.39 Å². The van der Waals surface area contributed by atoms with Crippen LogP contribution in [0.15, 0.2) is 15.8 Å². The van der Waals surface area contributed by atoms with E-state index in [0.717, 1.165) is 4.57 Å². The highest BCUT2D eigenvalue weighted by Gasteiger charge is 2.36. The highest BCUT2D eigenvalue weighted by Crippen LogP contribution is 2.27. The Morgan fingerprint density at radius 3 is 3.00 bits per heavy atom. The number of carbonyl (C=O) groups is 1. The average Bonchev–Trinajstić information content (AvgIpc) is 2.81. The first-order valence-electron chi connectivity index (χ1n) is 6.44. The predicted molar refractivity (Wildman–Crippen MR) is 75.2 cm³/mol. The Kier molecular flexibility index (Phi) is 5.14. The molecule has 1 fully saturated rings. The molecule has 1 saturated heterocycles. The summed E-state index contributed by atoms with van der Waals surface area (Å²) in [5, 5.41) is 9.88. The Balaban J connectivity index is 2.08. The molecule has 122 valence electrons. The molecule has 2 rings (SSSR count). The van der Waals surface area contributed by atoms with E-state index in [0.29, 0.717) is 6.20 Å². The lowest BCUT2D eigenvalue weighted by Crippen LogP contribution is -2.34. The fraction of sp³-hybridized carbons (Fsp3) is 0.583. The third kappa shape index (κ3) is 3.62. The number of aliphatic hydroxyl groups excluding tert-OH is 1. The first kappa shape index (κ1) is 16.8. The Labute approximate surface area is 132 Å². The van der Waals surface area contributed by atoms with Gasteiger partial charge in [0.1, 0.15) is 23.8 Å². The van der Waals surface area contributed by atoms with Crippen LogP contribution in [0.1, 0.15) is 19.6 Å². The van der Waals surface area contributed by atoms with Gasteiger partial charge in [0, 0.05) is 6.42 Å². The molecule has 0 spiro atoms. The standard InChI is InChI=1S/C12H14BrFN2O6/c1-5(13)11(19)21-4-8-7(17)2-9(22-8)16-3-6(14)10(18)15-12(16)20/h3,5,7-9,17H,2,4H2,1H3,(H,15,18,20)/t5?,7-,8+,9+/m0/s1. The van der Waals surface area contributed by atoms with Gasteiger partial charge in [-0.05, 0) is 6.92 Å². The van der Waals surface area contributed by atoms with Gasteiger partial charge in [-0.3, -0.25) is 19.1 Å². The van der Waals surface area contributed by atoms with E-state index in [2.05, 4.69) is 15.9 Å². The molecular weight excluding hydrogens is 367 g/mol. The smallest absolute Gasteiger partial charge is 0.330 e. The number of halogens is 2. The third-order valence-electron chi connectivity index (χ3n) is 3.15. The van der Waals surface area contributed by atoms with Gasteiger partial charge in [0.05, 0.1) is 12.3 Å². The van der Waals surface area contributed by atoms with Crippen molar-refractivity contribution in [2.75, 3.05) is 6.61 Å². The number of ether oxygens (including phenoxy) is 2. The topological polar surface area (TPSA) is 111 Å². The second kappa shape index (κ2) is 6.71. The van der Waals surface area contributed by atoms with Gasteiger partial charge in [-0.1, -0.05) is 15.9 Å². The average molecular weight is 381 g/mol. The van der Waals surface area contributed by atoms with Crippen LogP contribution in [0, 0.1) is 5.82 Å². The lowest BCUT2D eigenvalue weighted by Gasteiger charge is -2.16. The Morgan fingerprint density at radius 1 is 1.68 bits per heavy atom. The van der Waals surface area contributed by atoms with Crippen LogP contribution >= 0.6 is 15.9 Å². The maximum Gasteiger partial charge on any atom is 0.330 e. The molecular formula is C12H14BrFN2O6. The highest BCUT2D eigenvalue weighted by atomic mass is 79.9. The predicted octanol–water partition coefficient (Wildman–Crippen LogP) is -0.349. The molecule has 4 atom stereocenters. The number of aromatic amines is 1. The number of alkyl halides is 1. The van der Waals surface area contributed by atoms with E-state index in [4.69, 9.17) is 9.47 Å². The van der Waals surface area contributed by atoms with Gasteiger partial charge < -0.3 is 14.6 Å². The molecule has 2 N–H and O–H groups in total. The van der Waals surface area contributed by atoms with E-state index >= 15 is 0 Å². The number of H-pyrrole nitrogens is 1. The number of hydrogen-bond donors (Lipinski definition) is 2. The number of aliphatic hydroxyl groups is 1. The summed E-state index contributed by atoms with van der Waals surface area (Å²) in [4.78, 5) is 35.3. The van der Waals surface area contributed by atoms with Crippen molar-refractivity contribution >= 4 is 21.9 Å². The van der Waals surface area contributed by atoms with Crippen LogP contribution in [0.2, 0.25) is 0 Å². The minimum atomic E-state index is -1.14. The molecule has 0 aliphatic carbocycles. The van der Waals surface area contributed by atoms with Crippen molar-refractivity contribution < 1.29 is 23.8 Å². The summed E-state index contributed by atoms with van der Waals surface area (Å²) >= 11 is 3.04. The molecule has 0 bridgehead atoms. The molecule has 1 aliphatic heterocycles. The number of aromatic nitrogens is 2. The van der Waals surface area contributed by atoms with Crippen molar-refractivity contribution in [3.8, 4) is 0 Å². The van der Waals surface area contributed by atoms with Crippen LogP contribution < -0.4 is 11.2 Å². The molecule has 0 amide bonds. The molecule has 22 heavy (non-hydrogen) atoms. The van der Waals surface area contributed by atoms with Crippen LogP contribution in [-0.4, -0.2) is 44.3 Å². The summed E-state index contributed by atoms with van der Waals surface area (Å²) < 4.78 is 24.4. The zero-order valence-electron chi connectivity index (χ0n) is 11.5. The van der Waals surface area contributed by atoms with Crippen molar-refractivity contribution in [1.29, 1.82) is 0 Å². The van der Waals surface area contributed by atoms with E-state index in [9.17, 15) is 23.9 Å². The van der Waals surface area contributed by atoms with Gasteiger partial charge in [0.15, 0.2) is 0 Å². The Morgan fingerprint density at radius 2 is 2.36 bits per heavy atom. The third-order valence-corrected chi connectivity index (χ3v) is 3.53. The molecule has 1 aromatic rings. The van der Waals surface area contributed by atoms with Crippen molar-refractivity contribution in [1.82, 2.24) is 9.55 Å². The van der Waals surface area contributed by atoms with Crippen LogP contribution in [0.3, 0.4) is 0 Å². The largest absolute Gasteiger partial charge is 0.462 e. The lowest BCUT2D eigenvalue weighted by atomic mass is 10.2. The zero-order chi connectivity index (χ0) is 16.4. The normalized spacial score (nSPS) is 25.9. The summed E-state index contributed by atoms with van der Waals surface area (Å²) in [7, 11) is 0. The van der Waals surface area contributed by atoms with Gasteiger partial charge in [-0.25, -0.2) is 4.79 Å². The fourth-order valence-corrected chi connectivity index (χ4v) is 2.12. The van der Waals surface area contributed by atoms with Crippen molar-refractivity contribution in [2.45, 2.75) is 36.6 Å². The monoisotopic (exact) mass is 380 g/mol. The van der Waals surface area contributed by atoms with E-state index in [1.807, 2.05) is 0 Å². The summed E-state index contributed by atoms with van der Waals surface area (Å²) in [6, 6.07) is 0. The molecule has 0 aromatic carbocycles. The van der Waals surface area contributed by atoms with Crippen LogP contribution in [0.4, 0.5) is 4.39 Å². The summed E-state index contributed by atoms with van der Waals surface area (Å²) in [5.41, 5.74) is -1.98. The zero-order valence-corrected chi connectivity index (χ0v) is 13.1. The second-order valence-corrected chi connectivity index (χ2v) is 6.20. The molecule has 1 aromatic heterocycles. The number of carbonyl (C=O) groups excluding carboxylic acids is 1. The molecule has 0 radical (unpaired) electrons. The van der Waals surface area contributed by atoms with Gasteiger partial charge in [0.25, 0.3) is 5.56 Å². The van der Waals surface area contributed by atoms with E-state index < -0.39 is 46.3 Å². The molecule has 10 heteroatoms. The maximum atomic E-state index is 13.3. The Bertz CT molecular complexity index is 672. The van der Waals surface area contributed by atoms with Crippen LogP contribution in [0.25, 0.3) is 0 Å². The van der Waals surface area contributed by atoms with Gasteiger partial charge in [-0.15, -0.1) is 0 Å². The molecule has 0 saturated carbocycles. The number of nitrogens with zero attached hydrogens (tertiary/aromatic N) is 1. The molecule has 1 unspecified atom stereocenters. The highest BCUT2D eigenvalue weighted by molar-refractivity contribution is 9.10. The first-order chi connectivity index (χ1) is 10.3. The fourth-order valence-electron chi connectivity index (χ4n) is 1.99. The SMILES string of the molecule is CC(Br)C(=O)OC[C@H]1O[C@@H](n2cc(F)c(=O)[nH]c2=O)C[C@@H]1O. The van der Waals surface area contributed by atoms with E-state index in [1.165, 1.54) is 0 Å². The van der Waals surface area contributed by atoms with E-state index in [1.54, 1.807) is 11.9 Å². The molecule has 1 aliphatic rings. The first-order valence-corrected chi connectivity index (χ1v) is 7.36. The Hall–Kier alpha value is -1.52. The lowest BCUT2D eigenvalue weighted by molar-refractivity contribution is -0.149. The van der Waals surface area contributed by atoms with Gasteiger partial charge >= 0.3 is 11.7 Å². The van der Waals surface area contributed by atoms with Gasteiger partial charge in [0.2, 0.25) is 5.82 Å². The van der Waals surface area contributed by atoms with E-state index in [-0.39, 0.29) is 13.0 Å². The minimum Gasteiger partial charge on any atom is -0.462 e. The summed E-state index contributed by atoms with van der Waals surface area (Å²) in [6.07, 6.45) is -2.09. The van der Waals surface area contributed by atoms with Crippen LogP contribution in [-0.2, 0) is 14.3 Å². The number of esters is 1. The summed E-state index contributed by atoms with van der Waals surface area (Å²) in [5.74, 6) is -1.66. The minimum absolute atomic E-state index is 0.00251. The van der Waals surface area contributed by atoms with Crippen molar-refractivity contribution in [3.63, 3.8) is 0 Å². The van der Waals surface area contributed by atoms with Crippen molar-refractivity contribution in [2.24, 2.45) is 0 Å². The number of hydrogen-bond acceptors (Lipinski definition) is 6. The second-order valence-electron chi connectivity index (χ2n) is 4.82.